The maximum absolute atomic E-state index is 11.7. The molecule has 24 heavy (non-hydrogen) atoms. The second-order valence-corrected chi connectivity index (χ2v) is 6.52. The molecule has 0 radical (unpaired) electrons. The first-order chi connectivity index (χ1) is 11.6. The van der Waals surface area contributed by atoms with E-state index in [1.165, 1.54) is 11.3 Å². The fourth-order valence-electron chi connectivity index (χ4n) is 2.52. The maximum Gasteiger partial charge on any atom is 0.223 e. The molecule has 8 heteroatoms. The highest BCUT2D eigenvalue weighted by Gasteiger charge is 2.18. The van der Waals surface area contributed by atoms with Crippen molar-refractivity contribution in [1.82, 2.24) is 19.8 Å². The minimum Gasteiger partial charge on any atom is -0.344 e. The fourth-order valence-corrected chi connectivity index (χ4v) is 3.17. The molecule has 0 bridgehead atoms. The molecule has 2 aromatic rings. The van der Waals surface area contributed by atoms with Crippen molar-refractivity contribution in [2.45, 2.75) is 13.0 Å². The highest BCUT2D eigenvalue weighted by atomic mass is 32.1. The average molecular weight is 342 g/mol. The van der Waals surface area contributed by atoms with E-state index in [2.05, 4.69) is 20.2 Å². The summed E-state index contributed by atoms with van der Waals surface area (Å²) in [6, 6.07) is 5.96. The topological polar surface area (TPSA) is 85.2 Å². The molecular weight excluding hydrogens is 324 g/mol. The van der Waals surface area contributed by atoms with E-state index in [9.17, 15) is 4.79 Å². The number of nitrogens with one attached hydrogen (secondary N) is 1. The van der Waals surface area contributed by atoms with Crippen molar-refractivity contribution in [3.63, 3.8) is 0 Å². The number of thiazole rings is 1. The normalized spacial score (nSPS) is 15.8. The van der Waals surface area contributed by atoms with E-state index in [1.54, 1.807) is 16.5 Å². The number of anilines is 2. The summed E-state index contributed by atoms with van der Waals surface area (Å²) in [7, 11) is 1.85. The summed E-state index contributed by atoms with van der Waals surface area (Å²) in [5.74, 6) is 0.904. The van der Waals surface area contributed by atoms with Crippen LogP contribution < -0.4 is 5.32 Å². The Morgan fingerprint density at radius 3 is 3.08 bits per heavy atom. The molecule has 124 valence electrons. The van der Waals surface area contributed by atoms with Crippen LogP contribution in [0, 0.1) is 11.3 Å². The van der Waals surface area contributed by atoms with Gasteiger partial charge in [-0.1, -0.05) is 0 Å². The van der Waals surface area contributed by atoms with Crippen molar-refractivity contribution in [1.29, 1.82) is 5.26 Å². The van der Waals surface area contributed by atoms with Crippen molar-refractivity contribution in [3.05, 3.63) is 35.0 Å². The lowest BCUT2D eigenvalue weighted by Gasteiger charge is -2.20. The average Bonchev–Trinajstić information content (AvgIpc) is 2.98. The minimum atomic E-state index is 0.201. The van der Waals surface area contributed by atoms with Gasteiger partial charge in [0.15, 0.2) is 10.8 Å². The fraction of sp³-hybridized carbons (Fsp3) is 0.375. The molecule has 0 atom stereocenters. The van der Waals surface area contributed by atoms with Crippen LogP contribution in [-0.4, -0.2) is 52.4 Å². The second-order valence-electron chi connectivity index (χ2n) is 5.67. The number of amides is 1. The molecule has 1 aliphatic heterocycles. The smallest absolute Gasteiger partial charge is 0.223 e. The summed E-state index contributed by atoms with van der Waals surface area (Å²) in [5, 5.41) is 14.3. The van der Waals surface area contributed by atoms with E-state index in [1.807, 2.05) is 25.2 Å². The molecule has 1 saturated heterocycles. The summed E-state index contributed by atoms with van der Waals surface area (Å²) in [5.41, 5.74) is 1.53. The van der Waals surface area contributed by atoms with Crippen molar-refractivity contribution in [2.75, 3.05) is 32.0 Å². The molecule has 3 heterocycles. The molecule has 1 amide bonds. The van der Waals surface area contributed by atoms with Crippen LogP contribution in [0.2, 0.25) is 0 Å². The van der Waals surface area contributed by atoms with Gasteiger partial charge in [-0.3, -0.25) is 9.69 Å². The van der Waals surface area contributed by atoms with Gasteiger partial charge in [-0.15, -0.1) is 11.3 Å². The first-order valence-electron chi connectivity index (χ1n) is 7.68. The van der Waals surface area contributed by atoms with Gasteiger partial charge in [0.25, 0.3) is 0 Å². The molecular formula is C16H18N6OS. The van der Waals surface area contributed by atoms with Crippen molar-refractivity contribution < 1.29 is 4.79 Å². The largest absolute Gasteiger partial charge is 0.344 e. The molecule has 0 aliphatic carbocycles. The molecule has 7 nitrogen and oxygen atoms in total. The van der Waals surface area contributed by atoms with E-state index >= 15 is 0 Å². The first kappa shape index (κ1) is 16.4. The van der Waals surface area contributed by atoms with Crippen LogP contribution in [0.15, 0.2) is 23.7 Å². The molecule has 0 unspecified atom stereocenters. The minimum absolute atomic E-state index is 0.201. The standard InChI is InChI=1S/C16H18N6OS/c1-21-6-7-22(5-3-15(21)23)10-12-2-4-18-14(8-12)20-16-19-13(9-17)11-24-16/h2,4,8,11H,3,5-7,10H2,1H3,(H,18,19,20). The van der Waals surface area contributed by atoms with Crippen LogP contribution in [0.5, 0.6) is 0 Å². The zero-order valence-corrected chi connectivity index (χ0v) is 14.2. The Morgan fingerprint density at radius 1 is 1.42 bits per heavy atom. The number of rotatable bonds is 4. The Hall–Kier alpha value is -2.50. The molecule has 0 spiro atoms. The zero-order valence-electron chi connectivity index (χ0n) is 13.4. The summed E-state index contributed by atoms with van der Waals surface area (Å²) < 4.78 is 0. The molecule has 0 aromatic carbocycles. The monoisotopic (exact) mass is 342 g/mol. The lowest BCUT2D eigenvalue weighted by atomic mass is 10.2. The van der Waals surface area contributed by atoms with Gasteiger partial charge in [0, 0.05) is 51.2 Å². The third kappa shape index (κ3) is 4.07. The number of carbonyl (C=O) groups is 1. The lowest BCUT2D eigenvalue weighted by molar-refractivity contribution is -0.129. The van der Waals surface area contributed by atoms with Gasteiger partial charge in [0.1, 0.15) is 11.9 Å². The highest BCUT2D eigenvalue weighted by molar-refractivity contribution is 7.13. The van der Waals surface area contributed by atoms with Gasteiger partial charge in [-0.05, 0) is 17.7 Å². The van der Waals surface area contributed by atoms with Crippen LogP contribution in [0.4, 0.5) is 10.9 Å². The second kappa shape index (κ2) is 7.38. The predicted octanol–water partition coefficient (Wildman–Crippen LogP) is 1.82. The number of aromatic nitrogens is 2. The SMILES string of the molecule is CN1CCN(Cc2ccnc(Nc3nc(C#N)cs3)c2)CCC1=O. The Bertz CT molecular complexity index is 768. The van der Waals surface area contributed by atoms with Gasteiger partial charge >= 0.3 is 0 Å². The summed E-state index contributed by atoms with van der Waals surface area (Å²) in [4.78, 5) is 24.3. The highest BCUT2D eigenvalue weighted by Crippen LogP contribution is 2.20. The number of likely N-dealkylation sites (N-methyl/N-ethyl adjacent to an activating group) is 1. The van der Waals surface area contributed by atoms with E-state index in [4.69, 9.17) is 5.26 Å². The Labute approximate surface area is 144 Å². The summed E-state index contributed by atoms with van der Waals surface area (Å²) >= 11 is 1.38. The summed E-state index contributed by atoms with van der Waals surface area (Å²) in [6.45, 7) is 3.17. The van der Waals surface area contributed by atoms with Crippen LogP contribution in [-0.2, 0) is 11.3 Å². The van der Waals surface area contributed by atoms with E-state index in [0.717, 1.165) is 31.7 Å². The third-order valence-electron chi connectivity index (χ3n) is 3.90. The number of carbonyl (C=O) groups excluding carboxylic acids is 1. The van der Waals surface area contributed by atoms with Crippen LogP contribution in [0.25, 0.3) is 0 Å². The van der Waals surface area contributed by atoms with Crippen molar-refractivity contribution in [2.24, 2.45) is 0 Å². The van der Waals surface area contributed by atoms with Gasteiger partial charge in [-0.25, -0.2) is 9.97 Å². The Morgan fingerprint density at radius 2 is 2.29 bits per heavy atom. The summed E-state index contributed by atoms with van der Waals surface area (Å²) in [6.07, 6.45) is 2.31. The molecule has 1 N–H and O–H groups in total. The number of nitriles is 1. The Kier molecular flexibility index (Phi) is 5.03. The van der Waals surface area contributed by atoms with Crippen molar-refractivity contribution >= 4 is 28.2 Å². The van der Waals surface area contributed by atoms with Gasteiger partial charge in [0.05, 0.1) is 0 Å². The Balaban J connectivity index is 1.64. The zero-order chi connectivity index (χ0) is 16.9. The quantitative estimate of drug-likeness (QED) is 0.912. The molecule has 0 saturated carbocycles. The molecule has 3 rings (SSSR count). The third-order valence-corrected chi connectivity index (χ3v) is 4.66. The number of hydrogen-bond donors (Lipinski definition) is 1. The van der Waals surface area contributed by atoms with Crippen molar-refractivity contribution in [3.8, 4) is 6.07 Å². The van der Waals surface area contributed by atoms with E-state index in [0.29, 0.717) is 23.1 Å². The molecule has 1 fully saturated rings. The van der Waals surface area contributed by atoms with Gasteiger partial charge in [-0.2, -0.15) is 5.26 Å². The van der Waals surface area contributed by atoms with Gasteiger partial charge in [0.2, 0.25) is 5.91 Å². The van der Waals surface area contributed by atoms with Crippen LogP contribution in [0.3, 0.4) is 0 Å². The number of pyridine rings is 1. The number of nitrogens with zero attached hydrogens (tertiary/aromatic N) is 5. The van der Waals surface area contributed by atoms with E-state index in [-0.39, 0.29) is 5.91 Å². The van der Waals surface area contributed by atoms with Crippen LogP contribution >= 0.6 is 11.3 Å². The van der Waals surface area contributed by atoms with Crippen LogP contribution in [0.1, 0.15) is 17.7 Å². The lowest BCUT2D eigenvalue weighted by Crippen LogP contribution is -2.29. The predicted molar refractivity (Wildman–Crippen MR) is 91.9 cm³/mol. The first-order valence-corrected chi connectivity index (χ1v) is 8.56. The molecule has 2 aromatic heterocycles. The maximum atomic E-state index is 11.7. The van der Waals surface area contributed by atoms with E-state index < -0.39 is 0 Å². The van der Waals surface area contributed by atoms with Gasteiger partial charge < -0.3 is 10.2 Å². The molecule has 1 aliphatic rings. The number of hydrogen-bond acceptors (Lipinski definition) is 7.